The van der Waals surface area contributed by atoms with Crippen molar-refractivity contribution >= 4 is 28.6 Å². The number of hydrogen-bond donors (Lipinski definition) is 2. The lowest BCUT2D eigenvalue weighted by Gasteiger charge is -2.23. The van der Waals surface area contributed by atoms with Crippen LogP contribution in [0.25, 0.3) is 0 Å². The van der Waals surface area contributed by atoms with Crippen LogP contribution >= 0.6 is 23.5 Å². The second kappa shape index (κ2) is 10.1. The van der Waals surface area contributed by atoms with Gasteiger partial charge in [-0.1, -0.05) is 12.5 Å². The summed E-state index contributed by atoms with van der Waals surface area (Å²) in [5, 5.41) is 8.48. The van der Waals surface area contributed by atoms with E-state index >= 15 is 0 Å². The summed E-state index contributed by atoms with van der Waals surface area (Å²) < 4.78 is 14.7. The van der Waals surface area contributed by atoms with Gasteiger partial charge in [0.1, 0.15) is 12.1 Å². The zero-order chi connectivity index (χ0) is 19.9. The molecule has 29 heavy (non-hydrogen) atoms. The molecule has 9 heteroatoms. The van der Waals surface area contributed by atoms with E-state index in [1.54, 1.807) is 6.33 Å². The lowest BCUT2D eigenvalue weighted by molar-refractivity contribution is 0.287. The number of anilines is 1. The van der Waals surface area contributed by atoms with Crippen LogP contribution in [0.2, 0.25) is 0 Å². The fourth-order valence-corrected chi connectivity index (χ4v) is 4.66. The molecule has 2 aliphatic heterocycles. The summed E-state index contributed by atoms with van der Waals surface area (Å²) in [6, 6.07) is 8.95. The van der Waals surface area contributed by atoms with Crippen LogP contribution in [0.3, 0.4) is 0 Å². The van der Waals surface area contributed by atoms with E-state index in [0.717, 1.165) is 41.8 Å². The molecule has 1 aromatic carbocycles. The quantitative estimate of drug-likeness (QED) is 0.600. The van der Waals surface area contributed by atoms with Gasteiger partial charge < -0.3 is 14.8 Å². The Labute approximate surface area is 179 Å². The van der Waals surface area contributed by atoms with E-state index in [2.05, 4.69) is 48.8 Å². The molecule has 0 aliphatic carbocycles. The largest absolute Gasteiger partial charge is 0.493 e. The molecule has 2 N–H and O–H groups in total. The van der Waals surface area contributed by atoms with Gasteiger partial charge in [0.2, 0.25) is 5.13 Å². The van der Waals surface area contributed by atoms with Gasteiger partial charge >= 0.3 is 0 Å². The van der Waals surface area contributed by atoms with Crippen molar-refractivity contribution in [2.75, 3.05) is 17.9 Å². The first-order chi connectivity index (χ1) is 14.3. The van der Waals surface area contributed by atoms with Crippen molar-refractivity contribution in [1.82, 2.24) is 24.5 Å². The first-order valence-electron chi connectivity index (χ1n) is 9.96. The minimum Gasteiger partial charge on any atom is -0.493 e. The van der Waals surface area contributed by atoms with Gasteiger partial charge in [-0.25, -0.2) is 4.98 Å². The highest BCUT2D eigenvalue weighted by Gasteiger charge is 2.16. The summed E-state index contributed by atoms with van der Waals surface area (Å²) in [4.78, 5) is 5.19. The molecule has 0 spiro atoms. The third kappa shape index (κ3) is 5.49. The Morgan fingerprint density at radius 2 is 2.24 bits per heavy atom. The minimum absolute atomic E-state index is 0.534. The molecule has 0 bridgehead atoms. The normalized spacial score (nSPS) is 18.2. The Bertz CT molecular complexity index is 892. The topological polar surface area (TPSA) is 76.9 Å². The maximum Gasteiger partial charge on any atom is 0.212 e. The third-order valence-corrected chi connectivity index (χ3v) is 6.52. The summed E-state index contributed by atoms with van der Waals surface area (Å²) in [5.74, 6) is 1.01. The number of ether oxygens (including phenoxy) is 1. The monoisotopic (exact) mass is 430 g/mol. The van der Waals surface area contributed by atoms with Crippen molar-refractivity contribution in [3.63, 3.8) is 0 Å². The Balaban J connectivity index is 0.000000150. The molecule has 2 aromatic heterocycles. The van der Waals surface area contributed by atoms with Gasteiger partial charge in [0.15, 0.2) is 0 Å². The average Bonchev–Trinajstić information content (AvgIpc) is 3.45. The van der Waals surface area contributed by atoms with Crippen LogP contribution in [0.5, 0.6) is 5.75 Å². The van der Waals surface area contributed by atoms with Crippen molar-refractivity contribution in [2.45, 2.75) is 43.0 Å². The number of aryl methyl sites for hydroxylation is 2. The van der Waals surface area contributed by atoms with E-state index < -0.39 is 0 Å². The molecule has 0 saturated carbocycles. The number of piperidine rings is 1. The Morgan fingerprint density at radius 3 is 3.00 bits per heavy atom. The molecular formula is C20H26N6OS2. The Hall–Kier alpha value is -2.10. The number of benzene rings is 1. The Morgan fingerprint density at radius 1 is 1.28 bits per heavy atom. The summed E-state index contributed by atoms with van der Waals surface area (Å²) >= 11 is 2.88. The van der Waals surface area contributed by atoms with Crippen LogP contribution in [0, 0.1) is 0 Å². The molecule has 7 nitrogen and oxygen atoms in total. The van der Waals surface area contributed by atoms with Crippen LogP contribution in [-0.2, 0) is 13.5 Å². The van der Waals surface area contributed by atoms with Crippen molar-refractivity contribution in [3.8, 4) is 5.75 Å². The lowest BCUT2D eigenvalue weighted by atomic mass is 10.0. The molecule has 1 fully saturated rings. The highest BCUT2D eigenvalue weighted by atomic mass is 32.2. The summed E-state index contributed by atoms with van der Waals surface area (Å²) in [5.41, 5.74) is 2.62. The van der Waals surface area contributed by atoms with Crippen LogP contribution < -0.4 is 14.8 Å². The van der Waals surface area contributed by atoms with Gasteiger partial charge in [-0.05, 0) is 67.9 Å². The van der Waals surface area contributed by atoms with Gasteiger partial charge in [-0.15, -0.1) is 0 Å². The second-order valence-corrected chi connectivity index (χ2v) is 8.71. The SMILES string of the molecule is Cn1nccc1C1CCCCN1.c1nsc(NSc2ccc3c(c2)OCCC3)n1. The van der Waals surface area contributed by atoms with Gasteiger partial charge in [0.25, 0.3) is 0 Å². The zero-order valence-corrected chi connectivity index (χ0v) is 18.1. The van der Waals surface area contributed by atoms with Gasteiger partial charge in [-0.2, -0.15) is 9.47 Å². The molecule has 1 saturated heterocycles. The number of nitrogens with one attached hydrogen (secondary N) is 2. The molecular weight excluding hydrogens is 404 g/mol. The Kier molecular flexibility index (Phi) is 7.02. The van der Waals surface area contributed by atoms with Crippen LogP contribution in [0.15, 0.2) is 41.7 Å². The van der Waals surface area contributed by atoms with Crippen molar-refractivity contribution in [2.24, 2.45) is 7.05 Å². The van der Waals surface area contributed by atoms with Crippen molar-refractivity contribution < 1.29 is 4.74 Å². The van der Waals surface area contributed by atoms with E-state index in [1.807, 2.05) is 17.9 Å². The molecule has 2 aliphatic rings. The van der Waals surface area contributed by atoms with E-state index in [1.165, 1.54) is 54.0 Å². The van der Waals surface area contributed by atoms with Crippen LogP contribution in [0.4, 0.5) is 5.13 Å². The number of aromatic nitrogens is 4. The predicted molar refractivity (Wildman–Crippen MR) is 117 cm³/mol. The highest BCUT2D eigenvalue weighted by molar-refractivity contribution is 8.00. The number of fused-ring (bicyclic) bond motifs is 1. The third-order valence-electron chi connectivity index (χ3n) is 5.03. The summed E-state index contributed by atoms with van der Waals surface area (Å²) in [6.45, 7) is 1.97. The van der Waals surface area contributed by atoms with E-state index in [0.29, 0.717) is 6.04 Å². The molecule has 3 aromatic rings. The van der Waals surface area contributed by atoms with E-state index in [4.69, 9.17) is 4.74 Å². The fraction of sp³-hybridized carbons (Fsp3) is 0.450. The summed E-state index contributed by atoms with van der Waals surface area (Å²) in [6.07, 6.45) is 9.54. The van der Waals surface area contributed by atoms with Crippen LogP contribution in [0.1, 0.15) is 43.0 Å². The predicted octanol–water partition coefficient (Wildman–Crippen LogP) is 4.22. The smallest absolute Gasteiger partial charge is 0.212 e. The maximum atomic E-state index is 5.63. The summed E-state index contributed by atoms with van der Waals surface area (Å²) in [7, 11) is 2.01. The van der Waals surface area contributed by atoms with Gasteiger partial charge in [0.05, 0.1) is 12.3 Å². The molecule has 154 valence electrons. The van der Waals surface area contributed by atoms with Crippen molar-refractivity contribution in [3.05, 3.63) is 48.0 Å². The molecule has 5 rings (SSSR count). The number of rotatable bonds is 4. The van der Waals surface area contributed by atoms with Crippen molar-refractivity contribution in [1.29, 1.82) is 0 Å². The van der Waals surface area contributed by atoms with Crippen LogP contribution in [-0.4, -0.2) is 32.3 Å². The standard InChI is InChI=1S/C11H11N3OS2.C9H15N3/c1-2-8-3-4-9(6-10(8)15-5-1)16-14-11-12-7-13-17-11;1-12-9(5-7-11-12)8-4-2-3-6-10-8/h3-4,6-7H,1-2,5H2,(H,12,13,14);5,7-8,10H,2-4,6H2,1H3. The van der Waals surface area contributed by atoms with E-state index in [9.17, 15) is 0 Å². The molecule has 0 amide bonds. The molecule has 1 atom stereocenters. The molecule has 0 radical (unpaired) electrons. The fourth-order valence-electron chi connectivity index (χ4n) is 3.53. The highest BCUT2D eigenvalue weighted by Crippen LogP contribution is 2.30. The van der Waals surface area contributed by atoms with Gasteiger partial charge in [0, 0.05) is 35.7 Å². The molecule has 1 unspecified atom stereocenters. The first kappa shape index (κ1) is 20.2. The average molecular weight is 431 g/mol. The number of nitrogens with zero attached hydrogens (tertiary/aromatic N) is 4. The molecule has 4 heterocycles. The lowest BCUT2D eigenvalue weighted by Crippen LogP contribution is -2.28. The number of hydrogen-bond acceptors (Lipinski definition) is 8. The van der Waals surface area contributed by atoms with Gasteiger partial charge in [-0.3, -0.25) is 4.68 Å². The first-order valence-corrected chi connectivity index (χ1v) is 11.5. The second-order valence-electron chi connectivity index (χ2n) is 7.05. The minimum atomic E-state index is 0.534. The zero-order valence-electron chi connectivity index (χ0n) is 16.5. The van der Waals surface area contributed by atoms with E-state index in [-0.39, 0.29) is 0 Å². The maximum absolute atomic E-state index is 5.63.